The number of methoxy groups -OCH3 is 1. The van der Waals surface area contributed by atoms with Crippen molar-refractivity contribution in [3.05, 3.63) is 70.9 Å². The first-order valence-corrected chi connectivity index (χ1v) is 12.6. The van der Waals surface area contributed by atoms with Gasteiger partial charge in [0.15, 0.2) is 0 Å². The monoisotopic (exact) mass is 498 g/mol. The lowest BCUT2D eigenvalue weighted by molar-refractivity contribution is -0.146. The number of likely N-dealkylation sites (tertiary alicyclic amines) is 1. The van der Waals surface area contributed by atoms with Crippen LogP contribution in [0.2, 0.25) is 5.02 Å². The van der Waals surface area contributed by atoms with Crippen LogP contribution in [0.4, 0.5) is 4.39 Å². The standard InChI is InChI=1S/C28H32ClFN2O3/c1-35-21-9-11-27-23(17-21)22(12-14-31-27)26(30)10-8-19-13-16-32(18-24(19)28(33)34)15-4-6-20-5-2-3-7-25(20)29/h2-3,5,7,9,11-12,14,17,19,24,26H,4,6,8,10,13,15-16,18H2,1H3,(H,33,34)/t19-,24+,26?/m1/s1. The molecule has 1 aromatic heterocycles. The quantitative estimate of drug-likeness (QED) is 0.353. The average molecular weight is 499 g/mol. The molecule has 0 radical (unpaired) electrons. The Kier molecular flexibility index (Phi) is 8.58. The molecule has 5 nitrogen and oxygen atoms in total. The van der Waals surface area contributed by atoms with E-state index in [1.54, 1.807) is 19.4 Å². The lowest BCUT2D eigenvalue weighted by Gasteiger charge is -2.37. The predicted molar refractivity (Wildman–Crippen MR) is 137 cm³/mol. The van der Waals surface area contributed by atoms with E-state index in [4.69, 9.17) is 16.3 Å². The summed E-state index contributed by atoms with van der Waals surface area (Å²) in [6, 6.07) is 15.0. The molecule has 3 aromatic rings. The molecule has 2 aromatic carbocycles. The summed E-state index contributed by atoms with van der Waals surface area (Å²) in [5, 5.41) is 11.4. The van der Waals surface area contributed by atoms with Gasteiger partial charge >= 0.3 is 5.97 Å². The summed E-state index contributed by atoms with van der Waals surface area (Å²) in [6.45, 7) is 2.18. The van der Waals surface area contributed by atoms with E-state index in [2.05, 4.69) is 9.88 Å². The van der Waals surface area contributed by atoms with Gasteiger partial charge in [-0.3, -0.25) is 9.78 Å². The number of rotatable bonds is 10. The highest BCUT2D eigenvalue weighted by Crippen LogP contribution is 2.35. The predicted octanol–water partition coefficient (Wildman–Crippen LogP) is 6.34. The third-order valence-electron chi connectivity index (χ3n) is 7.15. The number of carboxylic acids is 1. The Bertz CT molecular complexity index is 1160. The Balaban J connectivity index is 1.34. The van der Waals surface area contributed by atoms with Gasteiger partial charge in [-0.25, -0.2) is 4.39 Å². The van der Waals surface area contributed by atoms with E-state index in [0.717, 1.165) is 53.8 Å². The van der Waals surface area contributed by atoms with Crippen LogP contribution in [0.1, 0.15) is 43.0 Å². The Labute approximate surface area is 210 Å². The number of aromatic nitrogens is 1. The molecule has 0 spiro atoms. The fraction of sp³-hybridized carbons (Fsp3) is 0.429. The van der Waals surface area contributed by atoms with Crippen LogP contribution in [0, 0.1) is 11.8 Å². The number of fused-ring (bicyclic) bond motifs is 1. The minimum atomic E-state index is -1.18. The Hall–Kier alpha value is -2.70. The molecule has 3 atom stereocenters. The molecule has 0 bridgehead atoms. The van der Waals surface area contributed by atoms with Gasteiger partial charge in [0, 0.05) is 23.2 Å². The zero-order chi connectivity index (χ0) is 24.8. The fourth-order valence-electron chi connectivity index (χ4n) is 5.15. The molecule has 1 aliphatic heterocycles. The average Bonchev–Trinajstić information content (AvgIpc) is 2.88. The molecule has 1 N–H and O–H groups in total. The Morgan fingerprint density at radius 1 is 1.29 bits per heavy atom. The van der Waals surface area contributed by atoms with Crippen molar-refractivity contribution in [2.45, 2.75) is 38.3 Å². The van der Waals surface area contributed by atoms with Gasteiger partial charge in [0.05, 0.1) is 18.5 Å². The molecule has 35 heavy (non-hydrogen) atoms. The number of aliphatic carboxylic acids is 1. The van der Waals surface area contributed by atoms with Crippen molar-refractivity contribution < 1.29 is 19.0 Å². The van der Waals surface area contributed by atoms with Crippen LogP contribution in [0.5, 0.6) is 5.75 Å². The Morgan fingerprint density at radius 2 is 2.11 bits per heavy atom. The number of aryl methyl sites for hydroxylation is 1. The van der Waals surface area contributed by atoms with E-state index in [9.17, 15) is 9.90 Å². The summed E-state index contributed by atoms with van der Waals surface area (Å²) in [7, 11) is 1.58. The summed E-state index contributed by atoms with van der Waals surface area (Å²) in [6.07, 6.45) is 3.82. The van der Waals surface area contributed by atoms with E-state index in [1.165, 1.54) is 0 Å². The minimum absolute atomic E-state index is 0.0341. The maximum Gasteiger partial charge on any atom is 0.308 e. The number of nitrogens with zero attached hydrogens (tertiary/aromatic N) is 2. The van der Waals surface area contributed by atoms with E-state index >= 15 is 4.39 Å². The van der Waals surface area contributed by atoms with Gasteiger partial charge in [0.1, 0.15) is 11.9 Å². The van der Waals surface area contributed by atoms with Crippen molar-refractivity contribution >= 4 is 28.5 Å². The second-order valence-electron chi connectivity index (χ2n) is 9.32. The highest BCUT2D eigenvalue weighted by molar-refractivity contribution is 6.31. The molecule has 1 aliphatic rings. The van der Waals surface area contributed by atoms with Crippen molar-refractivity contribution in [1.82, 2.24) is 9.88 Å². The summed E-state index contributed by atoms with van der Waals surface area (Å²) in [5.74, 6) is -0.647. The van der Waals surface area contributed by atoms with Crippen LogP contribution in [0.15, 0.2) is 54.7 Å². The highest BCUT2D eigenvalue weighted by atomic mass is 35.5. The Morgan fingerprint density at radius 3 is 2.89 bits per heavy atom. The van der Waals surface area contributed by atoms with Gasteiger partial charge in [-0.05, 0) is 92.6 Å². The van der Waals surface area contributed by atoms with Gasteiger partial charge in [0.2, 0.25) is 0 Å². The maximum absolute atomic E-state index is 15.4. The molecule has 0 amide bonds. The second kappa shape index (κ2) is 11.8. The molecule has 4 rings (SSSR count). The summed E-state index contributed by atoms with van der Waals surface area (Å²) in [4.78, 5) is 18.6. The summed E-state index contributed by atoms with van der Waals surface area (Å²) in [5.41, 5.74) is 2.42. The van der Waals surface area contributed by atoms with Gasteiger partial charge < -0.3 is 14.7 Å². The molecule has 1 unspecified atom stereocenters. The van der Waals surface area contributed by atoms with Crippen LogP contribution in [-0.4, -0.2) is 47.7 Å². The molecular formula is C28H32ClFN2O3. The number of ether oxygens (including phenoxy) is 1. The molecule has 186 valence electrons. The number of hydrogen-bond donors (Lipinski definition) is 1. The lowest BCUT2D eigenvalue weighted by atomic mass is 9.81. The van der Waals surface area contributed by atoms with Crippen molar-refractivity contribution in [3.8, 4) is 5.75 Å². The van der Waals surface area contributed by atoms with Gasteiger partial charge in [-0.15, -0.1) is 0 Å². The van der Waals surface area contributed by atoms with Crippen LogP contribution >= 0.6 is 11.6 Å². The number of carboxylic acid groups (broad SMARTS) is 1. The van der Waals surface area contributed by atoms with E-state index < -0.39 is 18.1 Å². The van der Waals surface area contributed by atoms with Crippen molar-refractivity contribution in [1.29, 1.82) is 0 Å². The number of halogens is 2. The van der Waals surface area contributed by atoms with Crippen LogP contribution in [0.25, 0.3) is 10.9 Å². The second-order valence-corrected chi connectivity index (χ2v) is 9.72. The number of piperidine rings is 1. The number of carbonyl (C=O) groups is 1. The highest BCUT2D eigenvalue weighted by Gasteiger charge is 2.34. The fourth-order valence-corrected chi connectivity index (χ4v) is 5.38. The zero-order valence-corrected chi connectivity index (χ0v) is 20.8. The molecule has 1 saturated heterocycles. The van der Waals surface area contributed by atoms with Crippen molar-refractivity contribution in [3.63, 3.8) is 0 Å². The number of alkyl halides is 1. The number of hydrogen-bond acceptors (Lipinski definition) is 4. The van der Waals surface area contributed by atoms with Crippen molar-refractivity contribution in [2.24, 2.45) is 11.8 Å². The topological polar surface area (TPSA) is 62.7 Å². The van der Waals surface area contributed by atoms with Gasteiger partial charge in [-0.2, -0.15) is 0 Å². The third-order valence-corrected chi connectivity index (χ3v) is 7.52. The smallest absolute Gasteiger partial charge is 0.308 e. The number of pyridine rings is 1. The van der Waals surface area contributed by atoms with Crippen LogP contribution < -0.4 is 4.74 Å². The largest absolute Gasteiger partial charge is 0.497 e. The zero-order valence-electron chi connectivity index (χ0n) is 20.0. The first kappa shape index (κ1) is 25.4. The van der Waals surface area contributed by atoms with Gasteiger partial charge in [0.25, 0.3) is 0 Å². The molecule has 0 saturated carbocycles. The first-order valence-electron chi connectivity index (χ1n) is 12.2. The molecule has 2 heterocycles. The van der Waals surface area contributed by atoms with Crippen molar-refractivity contribution in [2.75, 3.05) is 26.7 Å². The van der Waals surface area contributed by atoms with Gasteiger partial charge in [-0.1, -0.05) is 29.8 Å². The lowest BCUT2D eigenvalue weighted by Crippen LogP contribution is -2.44. The molecule has 7 heteroatoms. The SMILES string of the molecule is COc1ccc2nccc(C(F)CC[C@@H]3CCN(CCCc4ccccc4Cl)C[C@@H]3C(=O)O)c2c1. The minimum Gasteiger partial charge on any atom is -0.497 e. The van der Waals surface area contributed by atoms with E-state index in [1.807, 2.05) is 42.5 Å². The van der Waals surface area contributed by atoms with E-state index in [0.29, 0.717) is 24.3 Å². The van der Waals surface area contributed by atoms with E-state index in [-0.39, 0.29) is 12.3 Å². The first-order chi connectivity index (χ1) is 17.0. The number of benzene rings is 2. The summed E-state index contributed by atoms with van der Waals surface area (Å²) >= 11 is 6.25. The summed E-state index contributed by atoms with van der Waals surface area (Å²) < 4.78 is 20.7. The molecule has 1 fully saturated rings. The van der Waals surface area contributed by atoms with Crippen LogP contribution in [-0.2, 0) is 11.2 Å². The van der Waals surface area contributed by atoms with Crippen LogP contribution in [0.3, 0.4) is 0 Å². The third kappa shape index (κ3) is 6.30. The molecular weight excluding hydrogens is 467 g/mol. The normalized spacial score (nSPS) is 19.5. The maximum atomic E-state index is 15.4. The molecule has 0 aliphatic carbocycles.